The molecule has 0 saturated carbocycles. The van der Waals surface area contributed by atoms with Crippen molar-refractivity contribution in [2.75, 3.05) is 25.0 Å². The summed E-state index contributed by atoms with van der Waals surface area (Å²) in [5.41, 5.74) is 2.81. The molecule has 4 rings (SSSR count). The number of barbiturate groups is 1. The van der Waals surface area contributed by atoms with Crippen LogP contribution in [0.1, 0.15) is 16.7 Å². The Balaban J connectivity index is 1.64. The summed E-state index contributed by atoms with van der Waals surface area (Å²) in [6.07, 6.45) is 0.851. The van der Waals surface area contributed by atoms with Crippen LogP contribution >= 0.6 is 0 Å². The van der Waals surface area contributed by atoms with Gasteiger partial charge in [0, 0.05) is 25.8 Å². The monoisotopic (exact) mass is 377 g/mol. The van der Waals surface area contributed by atoms with Gasteiger partial charge < -0.3 is 4.90 Å². The van der Waals surface area contributed by atoms with Gasteiger partial charge in [-0.3, -0.25) is 19.8 Å². The van der Waals surface area contributed by atoms with E-state index >= 15 is 0 Å². The van der Waals surface area contributed by atoms with Gasteiger partial charge in [-0.15, -0.1) is 0 Å². The predicted octanol–water partition coefficient (Wildman–Crippen LogP) is 2.29. The number of urea groups is 1. The summed E-state index contributed by atoms with van der Waals surface area (Å²) in [6, 6.07) is 15.1. The van der Waals surface area contributed by atoms with Crippen molar-refractivity contribution in [3.05, 3.63) is 65.2 Å². The Morgan fingerprint density at radius 2 is 1.82 bits per heavy atom. The number of nitrogens with one attached hydrogen (secondary N) is 1. The van der Waals surface area contributed by atoms with Gasteiger partial charge in [0.15, 0.2) is 0 Å². The van der Waals surface area contributed by atoms with E-state index in [2.05, 4.69) is 5.32 Å². The van der Waals surface area contributed by atoms with E-state index in [1.165, 1.54) is 4.90 Å². The predicted molar refractivity (Wildman–Crippen MR) is 106 cm³/mol. The number of nitrogens with zero attached hydrogens (tertiary/aromatic N) is 2. The molecule has 1 spiro atoms. The Morgan fingerprint density at radius 1 is 1.07 bits per heavy atom. The quantitative estimate of drug-likeness (QED) is 0.834. The van der Waals surface area contributed by atoms with E-state index in [4.69, 9.17) is 0 Å². The van der Waals surface area contributed by atoms with Gasteiger partial charge in [0.1, 0.15) is 5.41 Å². The van der Waals surface area contributed by atoms with Gasteiger partial charge in [0.05, 0.1) is 0 Å². The second kappa shape index (κ2) is 6.78. The van der Waals surface area contributed by atoms with Crippen molar-refractivity contribution in [3.8, 4) is 0 Å². The molecule has 2 heterocycles. The highest BCUT2D eigenvalue weighted by molar-refractivity contribution is 6.20. The van der Waals surface area contributed by atoms with Crippen molar-refractivity contribution < 1.29 is 14.4 Å². The minimum absolute atomic E-state index is 0.244. The Hall–Kier alpha value is -3.15. The lowest BCUT2D eigenvalue weighted by Gasteiger charge is -2.45. The molecule has 144 valence electrons. The number of aryl methyl sites for hydroxylation is 1. The number of carbonyl (C=O) groups excluding carboxylic acids is 3. The average Bonchev–Trinajstić information content (AvgIpc) is 2.67. The van der Waals surface area contributed by atoms with E-state index in [0.717, 1.165) is 22.4 Å². The van der Waals surface area contributed by atoms with Gasteiger partial charge in [-0.25, -0.2) is 4.79 Å². The van der Waals surface area contributed by atoms with Crippen LogP contribution in [0.3, 0.4) is 0 Å². The second-order valence-electron chi connectivity index (χ2n) is 7.70. The maximum Gasteiger partial charge on any atom is 0.330 e. The van der Waals surface area contributed by atoms with E-state index in [9.17, 15) is 14.4 Å². The number of benzene rings is 2. The molecule has 4 amide bonds. The molecule has 2 aliphatic rings. The number of imide groups is 2. The van der Waals surface area contributed by atoms with E-state index in [-0.39, 0.29) is 13.1 Å². The third-order valence-corrected chi connectivity index (χ3v) is 5.67. The van der Waals surface area contributed by atoms with Gasteiger partial charge in [-0.2, -0.15) is 0 Å². The van der Waals surface area contributed by atoms with Gasteiger partial charge >= 0.3 is 6.03 Å². The SMILES string of the molecule is Cc1ccc2c(c1)C[C@]1(CN2C)C(=O)NC(=O)N(CCc2ccccc2)C1=O. The van der Waals surface area contributed by atoms with Crippen LogP contribution in [0.4, 0.5) is 10.5 Å². The fourth-order valence-corrected chi connectivity index (χ4v) is 4.22. The zero-order chi connectivity index (χ0) is 19.9. The molecule has 6 heteroatoms. The second-order valence-corrected chi connectivity index (χ2v) is 7.70. The topological polar surface area (TPSA) is 69.7 Å². The van der Waals surface area contributed by atoms with E-state index in [1.807, 2.05) is 67.4 Å². The molecule has 2 aromatic carbocycles. The number of anilines is 1. The molecule has 0 radical (unpaired) electrons. The minimum Gasteiger partial charge on any atom is -0.373 e. The fourth-order valence-electron chi connectivity index (χ4n) is 4.22. The average molecular weight is 377 g/mol. The summed E-state index contributed by atoms with van der Waals surface area (Å²) in [5.74, 6) is -0.909. The Kier molecular flexibility index (Phi) is 4.41. The molecule has 1 fully saturated rings. The van der Waals surface area contributed by atoms with Crippen molar-refractivity contribution in [2.45, 2.75) is 19.8 Å². The highest BCUT2D eigenvalue weighted by atomic mass is 16.2. The number of carbonyl (C=O) groups is 3. The summed E-state index contributed by atoms with van der Waals surface area (Å²) < 4.78 is 0. The zero-order valence-electron chi connectivity index (χ0n) is 16.1. The minimum atomic E-state index is -1.28. The lowest BCUT2D eigenvalue weighted by Crippen LogP contribution is -2.68. The molecular formula is C22H23N3O3. The lowest BCUT2D eigenvalue weighted by molar-refractivity contribution is -0.151. The van der Waals surface area contributed by atoms with Crippen LogP contribution in [0.2, 0.25) is 0 Å². The van der Waals surface area contributed by atoms with Crippen LogP contribution in [-0.2, 0) is 22.4 Å². The summed E-state index contributed by atoms with van der Waals surface area (Å²) in [5, 5.41) is 2.42. The van der Waals surface area contributed by atoms with Crippen molar-refractivity contribution in [2.24, 2.45) is 5.41 Å². The van der Waals surface area contributed by atoms with Crippen molar-refractivity contribution in [1.29, 1.82) is 0 Å². The Morgan fingerprint density at radius 3 is 2.57 bits per heavy atom. The maximum atomic E-state index is 13.4. The van der Waals surface area contributed by atoms with E-state index in [0.29, 0.717) is 12.8 Å². The van der Waals surface area contributed by atoms with Crippen LogP contribution in [0, 0.1) is 12.3 Å². The molecule has 1 N–H and O–H groups in total. The molecule has 0 aliphatic carbocycles. The van der Waals surface area contributed by atoms with Gasteiger partial charge in [-0.1, -0.05) is 48.0 Å². The molecule has 1 atom stereocenters. The normalized spacial score (nSPS) is 21.7. The number of amides is 4. The van der Waals surface area contributed by atoms with Gasteiger partial charge in [-0.05, 0) is 37.0 Å². The third-order valence-electron chi connectivity index (χ3n) is 5.67. The first-order valence-corrected chi connectivity index (χ1v) is 9.43. The van der Waals surface area contributed by atoms with Crippen LogP contribution in [0.15, 0.2) is 48.5 Å². The molecule has 0 aromatic heterocycles. The fraction of sp³-hybridized carbons (Fsp3) is 0.318. The molecule has 2 aromatic rings. The first-order valence-electron chi connectivity index (χ1n) is 9.43. The molecule has 28 heavy (non-hydrogen) atoms. The van der Waals surface area contributed by atoms with Crippen LogP contribution in [0.25, 0.3) is 0 Å². The molecule has 2 aliphatic heterocycles. The molecule has 1 saturated heterocycles. The molecule has 6 nitrogen and oxygen atoms in total. The maximum absolute atomic E-state index is 13.4. The number of fused-ring (bicyclic) bond motifs is 1. The lowest BCUT2D eigenvalue weighted by atomic mass is 9.74. The first-order chi connectivity index (χ1) is 13.4. The van der Waals surface area contributed by atoms with Crippen LogP contribution in [0.5, 0.6) is 0 Å². The Bertz CT molecular complexity index is 957. The highest BCUT2D eigenvalue weighted by Gasteiger charge is 2.56. The zero-order valence-corrected chi connectivity index (χ0v) is 16.1. The molecule has 0 bridgehead atoms. The summed E-state index contributed by atoms with van der Waals surface area (Å²) in [7, 11) is 1.88. The highest BCUT2D eigenvalue weighted by Crippen LogP contribution is 2.39. The number of hydrogen-bond acceptors (Lipinski definition) is 4. The van der Waals surface area contributed by atoms with Crippen molar-refractivity contribution >= 4 is 23.5 Å². The first kappa shape index (κ1) is 18.2. The van der Waals surface area contributed by atoms with E-state index < -0.39 is 23.3 Å². The van der Waals surface area contributed by atoms with Crippen LogP contribution < -0.4 is 10.2 Å². The smallest absolute Gasteiger partial charge is 0.330 e. The van der Waals surface area contributed by atoms with Crippen LogP contribution in [-0.4, -0.2) is 42.9 Å². The summed E-state index contributed by atoms with van der Waals surface area (Å²) in [4.78, 5) is 41.8. The largest absolute Gasteiger partial charge is 0.373 e. The standard InChI is InChI=1S/C22H23N3O3/c1-15-8-9-18-17(12-15)13-22(14-24(18)2)19(26)23-21(28)25(20(22)27)11-10-16-6-4-3-5-7-16/h3-9,12H,10-11,13-14H2,1-2H3,(H,23,26,28)/t22-/m0/s1. The molecule has 0 unspecified atom stereocenters. The third kappa shape index (κ3) is 2.95. The van der Waals surface area contributed by atoms with Crippen molar-refractivity contribution in [3.63, 3.8) is 0 Å². The summed E-state index contributed by atoms with van der Waals surface area (Å²) >= 11 is 0. The van der Waals surface area contributed by atoms with E-state index in [1.54, 1.807) is 0 Å². The molecular weight excluding hydrogens is 354 g/mol. The number of rotatable bonds is 3. The van der Waals surface area contributed by atoms with Gasteiger partial charge in [0.2, 0.25) is 11.8 Å². The summed E-state index contributed by atoms with van der Waals surface area (Å²) in [6.45, 7) is 2.48. The van der Waals surface area contributed by atoms with Crippen molar-refractivity contribution in [1.82, 2.24) is 10.2 Å². The number of hydrogen-bond donors (Lipinski definition) is 1. The van der Waals surface area contributed by atoms with Gasteiger partial charge in [0.25, 0.3) is 0 Å². The Labute approximate surface area is 164 Å².